The normalized spacial score (nSPS) is 17.9. The quantitative estimate of drug-likeness (QED) is 0.795. The number of likely N-dealkylation sites (N-methyl/N-ethyl adjacent to an activating group) is 1. The number of hydrogen-bond donors (Lipinski definition) is 2. The second-order valence-electron chi connectivity index (χ2n) is 7.26. The minimum Gasteiger partial charge on any atom is -0.394 e. The van der Waals surface area contributed by atoms with Gasteiger partial charge in [0.1, 0.15) is 0 Å². The number of nitrogens with zero attached hydrogens (tertiary/aromatic N) is 2. The van der Waals surface area contributed by atoms with Crippen LogP contribution in [0, 0.1) is 5.92 Å². The molecule has 1 unspecified atom stereocenters. The Morgan fingerprint density at radius 2 is 1.79 bits per heavy atom. The largest absolute Gasteiger partial charge is 0.394 e. The van der Waals surface area contributed by atoms with Gasteiger partial charge in [-0.25, -0.2) is 0 Å². The van der Waals surface area contributed by atoms with Crippen molar-refractivity contribution in [3.05, 3.63) is 35.4 Å². The minimum absolute atomic E-state index is 0.0224. The minimum atomic E-state index is -0.178. The first kappa shape index (κ1) is 18.9. The molecule has 0 radical (unpaired) electrons. The van der Waals surface area contributed by atoms with Gasteiger partial charge in [-0.1, -0.05) is 26.0 Å². The molecule has 1 aliphatic heterocycles. The summed E-state index contributed by atoms with van der Waals surface area (Å²) < 4.78 is 0. The molecule has 1 amide bonds. The molecule has 24 heavy (non-hydrogen) atoms. The molecular formula is C19H31N3O2. The fraction of sp³-hybridized carbons (Fsp3) is 0.632. The molecule has 1 heterocycles. The zero-order chi connectivity index (χ0) is 17.5. The van der Waals surface area contributed by atoms with Crippen LogP contribution in [0.5, 0.6) is 0 Å². The van der Waals surface area contributed by atoms with Crippen molar-refractivity contribution in [1.29, 1.82) is 0 Å². The molecule has 1 aromatic rings. The van der Waals surface area contributed by atoms with Crippen molar-refractivity contribution >= 4 is 5.91 Å². The molecule has 0 saturated carbocycles. The second kappa shape index (κ2) is 9.16. The summed E-state index contributed by atoms with van der Waals surface area (Å²) in [5, 5.41) is 12.3. The van der Waals surface area contributed by atoms with Gasteiger partial charge in [-0.3, -0.25) is 9.69 Å². The predicted octanol–water partition coefficient (Wildman–Crippen LogP) is 1.57. The van der Waals surface area contributed by atoms with Crippen molar-refractivity contribution in [2.75, 3.05) is 39.8 Å². The molecular weight excluding hydrogens is 302 g/mol. The third kappa shape index (κ3) is 5.89. The van der Waals surface area contributed by atoms with Crippen molar-refractivity contribution in [3.8, 4) is 0 Å². The fourth-order valence-corrected chi connectivity index (χ4v) is 3.04. The Hall–Kier alpha value is -1.43. The number of hydrogen-bond acceptors (Lipinski definition) is 4. The molecule has 2 rings (SSSR count). The van der Waals surface area contributed by atoms with E-state index in [1.165, 1.54) is 5.56 Å². The highest BCUT2D eigenvalue weighted by Gasteiger charge is 2.16. The van der Waals surface area contributed by atoms with Crippen LogP contribution in [-0.4, -0.2) is 66.7 Å². The lowest BCUT2D eigenvalue weighted by atomic mass is 10.0. The molecule has 2 N–H and O–H groups in total. The topological polar surface area (TPSA) is 55.8 Å². The number of nitrogens with one attached hydrogen (secondary N) is 1. The van der Waals surface area contributed by atoms with Gasteiger partial charge in [-0.05, 0) is 37.1 Å². The van der Waals surface area contributed by atoms with Crippen molar-refractivity contribution in [1.82, 2.24) is 15.1 Å². The molecule has 1 saturated heterocycles. The van der Waals surface area contributed by atoms with E-state index in [2.05, 4.69) is 36.0 Å². The highest BCUT2D eigenvalue weighted by atomic mass is 16.3. The summed E-state index contributed by atoms with van der Waals surface area (Å²) in [6.07, 6.45) is 0.781. The second-order valence-corrected chi connectivity index (χ2v) is 7.26. The van der Waals surface area contributed by atoms with Gasteiger partial charge in [0.2, 0.25) is 0 Å². The summed E-state index contributed by atoms with van der Waals surface area (Å²) in [5.74, 6) is 0.328. The van der Waals surface area contributed by atoms with Crippen molar-refractivity contribution in [2.24, 2.45) is 5.92 Å². The number of rotatable bonds is 7. The molecule has 134 valence electrons. The number of aliphatic hydroxyl groups excluding tert-OH is 1. The zero-order valence-corrected chi connectivity index (χ0v) is 15.2. The maximum Gasteiger partial charge on any atom is 0.251 e. The smallest absolute Gasteiger partial charge is 0.251 e. The van der Waals surface area contributed by atoms with Gasteiger partial charge in [-0.15, -0.1) is 0 Å². The number of carbonyl (C=O) groups is 1. The lowest BCUT2D eigenvalue weighted by molar-refractivity contribution is 0.0908. The highest BCUT2D eigenvalue weighted by Crippen LogP contribution is 2.11. The summed E-state index contributed by atoms with van der Waals surface area (Å²) in [5.41, 5.74) is 1.89. The van der Waals surface area contributed by atoms with E-state index in [0.29, 0.717) is 11.5 Å². The standard InChI is InChI=1S/C19H31N3O2/c1-15(2)12-18(14-23)20-19(24)17-6-4-16(5-7-17)13-22-10-8-21(3)9-11-22/h4-7,15,18,23H,8-14H2,1-3H3,(H,20,24). The van der Waals surface area contributed by atoms with Crippen LogP contribution >= 0.6 is 0 Å². The van der Waals surface area contributed by atoms with Gasteiger partial charge < -0.3 is 15.3 Å². The average molecular weight is 333 g/mol. The Bertz CT molecular complexity index is 508. The number of aliphatic hydroxyl groups is 1. The highest BCUT2D eigenvalue weighted by molar-refractivity contribution is 5.94. The first-order valence-corrected chi connectivity index (χ1v) is 8.89. The van der Waals surface area contributed by atoms with Gasteiger partial charge in [0.15, 0.2) is 0 Å². The molecule has 0 spiro atoms. The number of carbonyl (C=O) groups excluding carboxylic acids is 1. The van der Waals surface area contributed by atoms with Gasteiger partial charge in [0, 0.05) is 38.3 Å². The Morgan fingerprint density at radius 3 is 2.33 bits per heavy atom. The molecule has 1 fully saturated rings. The van der Waals surface area contributed by atoms with Crippen LogP contribution in [0.3, 0.4) is 0 Å². The summed E-state index contributed by atoms with van der Waals surface area (Å²) in [7, 11) is 2.16. The fourth-order valence-electron chi connectivity index (χ4n) is 3.04. The Kier molecular flexibility index (Phi) is 7.21. The molecule has 0 aromatic heterocycles. The van der Waals surface area contributed by atoms with E-state index in [0.717, 1.165) is 39.1 Å². The van der Waals surface area contributed by atoms with E-state index in [9.17, 15) is 9.90 Å². The molecule has 0 aliphatic carbocycles. The van der Waals surface area contributed by atoms with Crippen LogP contribution in [-0.2, 0) is 6.54 Å². The first-order valence-electron chi connectivity index (χ1n) is 8.89. The van der Waals surface area contributed by atoms with E-state index < -0.39 is 0 Å². The lowest BCUT2D eigenvalue weighted by Crippen LogP contribution is -2.43. The third-order valence-corrected chi connectivity index (χ3v) is 4.53. The van der Waals surface area contributed by atoms with E-state index in [1.54, 1.807) is 0 Å². The van der Waals surface area contributed by atoms with E-state index in [4.69, 9.17) is 0 Å². The third-order valence-electron chi connectivity index (χ3n) is 4.53. The van der Waals surface area contributed by atoms with E-state index in [1.807, 2.05) is 24.3 Å². The van der Waals surface area contributed by atoms with E-state index >= 15 is 0 Å². The van der Waals surface area contributed by atoms with Crippen LogP contribution < -0.4 is 5.32 Å². The summed E-state index contributed by atoms with van der Waals surface area (Å²) >= 11 is 0. The molecule has 1 aromatic carbocycles. The van der Waals surface area contributed by atoms with Crippen LogP contribution in [0.15, 0.2) is 24.3 Å². The molecule has 1 aliphatic rings. The van der Waals surface area contributed by atoms with Gasteiger partial charge in [0.05, 0.1) is 12.6 Å². The molecule has 5 heteroatoms. The summed E-state index contributed by atoms with van der Waals surface area (Å²) in [6, 6.07) is 7.64. The summed E-state index contributed by atoms with van der Waals surface area (Å²) in [4.78, 5) is 17.1. The number of piperazine rings is 1. The Labute approximate surface area is 145 Å². The Morgan fingerprint density at radius 1 is 1.17 bits per heavy atom. The van der Waals surface area contributed by atoms with Gasteiger partial charge in [0.25, 0.3) is 5.91 Å². The van der Waals surface area contributed by atoms with Gasteiger partial charge >= 0.3 is 0 Å². The predicted molar refractivity (Wildman–Crippen MR) is 97.0 cm³/mol. The maximum absolute atomic E-state index is 12.3. The van der Waals surface area contributed by atoms with Crippen molar-refractivity contribution in [3.63, 3.8) is 0 Å². The van der Waals surface area contributed by atoms with Crippen LogP contribution in [0.1, 0.15) is 36.2 Å². The monoisotopic (exact) mass is 333 g/mol. The van der Waals surface area contributed by atoms with E-state index in [-0.39, 0.29) is 18.6 Å². The van der Waals surface area contributed by atoms with Crippen LogP contribution in [0.4, 0.5) is 0 Å². The molecule has 0 bridgehead atoms. The lowest BCUT2D eigenvalue weighted by Gasteiger charge is -2.32. The Balaban J connectivity index is 1.87. The molecule has 5 nitrogen and oxygen atoms in total. The van der Waals surface area contributed by atoms with Gasteiger partial charge in [-0.2, -0.15) is 0 Å². The zero-order valence-electron chi connectivity index (χ0n) is 15.2. The molecule has 1 atom stereocenters. The number of amides is 1. The van der Waals surface area contributed by atoms with Crippen LogP contribution in [0.25, 0.3) is 0 Å². The number of benzene rings is 1. The first-order chi connectivity index (χ1) is 11.5. The van der Waals surface area contributed by atoms with Crippen molar-refractivity contribution in [2.45, 2.75) is 32.9 Å². The van der Waals surface area contributed by atoms with Crippen LogP contribution in [0.2, 0.25) is 0 Å². The average Bonchev–Trinajstić information content (AvgIpc) is 2.56. The SMILES string of the molecule is CC(C)CC(CO)NC(=O)c1ccc(CN2CCN(C)CC2)cc1. The summed E-state index contributed by atoms with van der Waals surface area (Å²) in [6.45, 7) is 9.48. The van der Waals surface area contributed by atoms with Crippen molar-refractivity contribution < 1.29 is 9.90 Å². The maximum atomic E-state index is 12.3.